The van der Waals surface area contributed by atoms with Crippen molar-refractivity contribution in [1.29, 1.82) is 0 Å². The first-order valence-electron chi connectivity index (χ1n) is 8.32. The zero-order valence-electron chi connectivity index (χ0n) is 13.8. The van der Waals surface area contributed by atoms with Gasteiger partial charge in [-0.1, -0.05) is 33.3 Å². The molecule has 0 amide bonds. The predicted molar refractivity (Wildman–Crippen MR) is 86.0 cm³/mol. The molecule has 0 aromatic heterocycles. The molecule has 1 fully saturated rings. The average Bonchev–Trinajstić information content (AvgIpc) is 2.35. The van der Waals surface area contributed by atoms with Gasteiger partial charge in [-0.3, -0.25) is 4.79 Å². The van der Waals surface area contributed by atoms with E-state index in [1.54, 1.807) is 0 Å². The van der Waals surface area contributed by atoms with Crippen molar-refractivity contribution < 1.29 is 9.53 Å². The Morgan fingerprint density at radius 1 is 1.43 bits per heavy atom. The predicted octanol–water partition coefficient (Wildman–Crippen LogP) is 3.61. The van der Waals surface area contributed by atoms with Gasteiger partial charge in [0, 0.05) is 18.4 Å². The Kier molecular flexibility index (Phi) is 5.63. The van der Waals surface area contributed by atoms with Crippen molar-refractivity contribution in [1.82, 2.24) is 5.32 Å². The monoisotopic (exact) mass is 291 g/mol. The summed E-state index contributed by atoms with van der Waals surface area (Å²) < 4.78 is 6.08. The lowest BCUT2D eigenvalue weighted by molar-refractivity contribution is -0.121. The van der Waals surface area contributed by atoms with Crippen LogP contribution in [0.5, 0.6) is 0 Å². The number of rotatable bonds is 7. The van der Waals surface area contributed by atoms with Gasteiger partial charge in [-0.05, 0) is 43.9 Å². The zero-order valence-corrected chi connectivity index (χ0v) is 13.8. The number of carbonyl (C=O) groups is 1. The number of Topliss-reactive ketones (excluding diaryl/α,β-unsaturated/α-hetero) is 1. The van der Waals surface area contributed by atoms with Gasteiger partial charge < -0.3 is 10.1 Å². The quantitative estimate of drug-likeness (QED) is 0.778. The molecular formula is C18H29NO2. The summed E-state index contributed by atoms with van der Waals surface area (Å²) in [5, 5.41) is 3.45. The normalized spacial score (nSPS) is 28.7. The van der Waals surface area contributed by atoms with Crippen LogP contribution in [0.25, 0.3) is 0 Å². The maximum absolute atomic E-state index is 11.9. The van der Waals surface area contributed by atoms with Crippen LogP contribution in [0.3, 0.4) is 0 Å². The van der Waals surface area contributed by atoms with Gasteiger partial charge in [0.2, 0.25) is 0 Å². The Morgan fingerprint density at radius 2 is 2.14 bits per heavy atom. The van der Waals surface area contributed by atoms with E-state index in [4.69, 9.17) is 4.74 Å². The molecule has 0 spiro atoms. The molecule has 2 rings (SSSR count). The molecule has 0 aromatic rings. The summed E-state index contributed by atoms with van der Waals surface area (Å²) >= 11 is 0. The van der Waals surface area contributed by atoms with Crippen molar-refractivity contribution in [2.75, 3.05) is 6.54 Å². The standard InChI is InChI=1S/C18H29NO2/c1-5-19-15-10-17(11-15)21-16-7-13(4)6-14(8-16)9-18(20)12(2)3/h7-8,12-13,15,17,19H,5-6,9-11H2,1-4H3/t13?,15-,17-. The Morgan fingerprint density at radius 3 is 2.76 bits per heavy atom. The topological polar surface area (TPSA) is 38.3 Å². The van der Waals surface area contributed by atoms with Gasteiger partial charge >= 0.3 is 0 Å². The van der Waals surface area contributed by atoms with Crippen LogP contribution in [-0.2, 0) is 9.53 Å². The van der Waals surface area contributed by atoms with Gasteiger partial charge in [0.1, 0.15) is 17.6 Å². The molecule has 0 radical (unpaired) electrons. The van der Waals surface area contributed by atoms with Crippen LogP contribution in [0.15, 0.2) is 23.5 Å². The van der Waals surface area contributed by atoms with Crippen molar-refractivity contribution in [3.05, 3.63) is 23.5 Å². The Hall–Kier alpha value is -1.09. The largest absolute Gasteiger partial charge is 0.491 e. The van der Waals surface area contributed by atoms with E-state index in [0.29, 0.717) is 30.3 Å². The number of nitrogens with one attached hydrogen (secondary N) is 1. The summed E-state index contributed by atoms with van der Waals surface area (Å²) in [6.07, 6.45) is 8.37. The maximum atomic E-state index is 11.9. The van der Waals surface area contributed by atoms with Crippen molar-refractivity contribution >= 4 is 5.78 Å². The molecule has 1 unspecified atom stereocenters. The molecular weight excluding hydrogens is 262 g/mol. The molecule has 118 valence electrons. The van der Waals surface area contributed by atoms with Crippen LogP contribution < -0.4 is 5.32 Å². The lowest BCUT2D eigenvalue weighted by atomic mass is 9.88. The number of allylic oxidation sites excluding steroid dienone is 3. The number of carbonyl (C=O) groups excluding carboxylic acids is 1. The van der Waals surface area contributed by atoms with Crippen LogP contribution >= 0.6 is 0 Å². The van der Waals surface area contributed by atoms with E-state index < -0.39 is 0 Å². The molecule has 3 heteroatoms. The van der Waals surface area contributed by atoms with Crippen LogP contribution in [0.2, 0.25) is 0 Å². The lowest BCUT2D eigenvalue weighted by Gasteiger charge is -2.36. The third kappa shape index (κ3) is 4.70. The van der Waals surface area contributed by atoms with Gasteiger partial charge in [-0.15, -0.1) is 0 Å². The van der Waals surface area contributed by atoms with E-state index in [1.165, 1.54) is 5.57 Å². The number of ketones is 1. The molecule has 21 heavy (non-hydrogen) atoms. The van der Waals surface area contributed by atoms with Crippen LogP contribution in [0.1, 0.15) is 53.4 Å². The highest BCUT2D eigenvalue weighted by Gasteiger charge is 2.30. The highest BCUT2D eigenvalue weighted by Crippen LogP contribution is 2.31. The molecule has 1 N–H and O–H groups in total. The van der Waals surface area contributed by atoms with Gasteiger partial charge in [0.15, 0.2) is 0 Å². The summed E-state index contributed by atoms with van der Waals surface area (Å²) in [4.78, 5) is 11.9. The first-order valence-corrected chi connectivity index (χ1v) is 8.32. The zero-order chi connectivity index (χ0) is 15.4. The number of hydrogen-bond donors (Lipinski definition) is 1. The first-order chi connectivity index (χ1) is 9.97. The Balaban J connectivity index is 1.87. The molecule has 2 aliphatic carbocycles. The van der Waals surface area contributed by atoms with Gasteiger partial charge in [-0.2, -0.15) is 0 Å². The van der Waals surface area contributed by atoms with Crippen molar-refractivity contribution in [3.8, 4) is 0 Å². The fourth-order valence-corrected chi connectivity index (χ4v) is 3.00. The fourth-order valence-electron chi connectivity index (χ4n) is 3.00. The molecule has 1 atom stereocenters. The second kappa shape index (κ2) is 7.26. The van der Waals surface area contributed by atoms with E-state index >= 15 is 0 Å². The third-order valence-electron chi connectivity index (χ3n) is 4.31. The maximum Gasteiger partial charge on any atom is 0.139 e. The SMILES string of the molecule is CCN[C@H]1C[C@H](OC2=CC(C)CC(CC(=O)C(C)C)=C2)C1. The minimum absolute atomic E-state index is 0.115. The molecule has 0 aliphatic heterocycles. The molecule has 0 heterocycles. The summed E-state index contributed by atoms with van der Waals surface area (Å²) in [5.74, 6) is 1.87. The summed E-state index contributed by atoms with van der Waals surface area (Å²) in [6.45, 7) is 9.30. The molecule has 1 saturated carbocycles. The lowest BCUT2D eigenvalue weighted by Crippen LogP contribution is -2.45. The van der Waals surface area contributed by atoms with Gasteiger partial charge in [0.05, 0.1) is 0 Å². The second-order valence-electron chi connectivity index (χ2n) is 6.82. The number of ether oxygens (including phenoxy) is 1. The van der Waals surface area contributed by atoms with E-state index in [1.807, 2.05) is 13.8 Å². The van der Waals surface area contributed by atoms with Crippen LogP contribution in [0, 0.1) is 11.8 Å². The molecule has 0 saturated heterocycles. The summed E-state index contributed by atoms with van der Waals surface area (Å²) in [7, 11) is 0. The molecule has 3 nitrogen and oxygen atoms in total. The minimum Gasteiger partial charge on any atom is -0.491 e. The van der Waals surface area contributed by atoms with Gasteiger partial charge in [0.25, 0.3) is 0 Å². The molecule has 0 bridgehead atoms. The van der Waals surface area contributed by atoms with E-state index in [-0.39, 0.29) is 5.92 Å². The first kappa shape index (κ1) is 16.3. The summed E-state index contributed by atoms with van der Waals surface area (Å²) in [5.41, 5.74) is 1.22. The third-order valence-corrected chi connectivity index (χ3v) is 4.31. The summed E-state index contributed by atoms with van der Waals surface area (Å²) in [6, 6.07) is 0.618. The average molecular weight is 291 g/mol. The second-order valence-corrected chi connectivity index (χ2v) is 6.82. The smallest absolute Gasteiger partial charge is 0.139 e. The van der Waals surface area contributed by atoms with E-state index in [0.717, 1.165) is 31.6 Å². The number of hydrogen-bond acceptors (Lipinski definition) is 3. The van der Waals surface area contributed by atoms with Crippen LogP contribution in [0.4, 0.5) is 0 Å². The Labute approximate surface area is 128 Å². The minimum atomic E-state index is 0.115. The van der Waals surface area contributed by atoms with E-state index in [9.17, 15) is 4.79 Å². The molecule has 0 aromatic carbocycles. The highest BCUT2D eigenvalue weighted by molar-refractivity contribution is 5.82. The Bertz CT molecular complexity index is 430. The van der Waals surface area contributed by atoms with Crippen molar-refractivity contribution in [3.63, 3.8) is 0 Å². The van der Waals surface area contributed by atoms with E-state index in [2.05, 4.69) is 31.3 Å². The van der Waals surface area contributed by atoms with Crippen molar-refractivity contribution in [2.24, 2.45) is 11.8 Å². The van der Waals surface area contributed by atoms with Crippen molar-refractivity contribution in [2.45, 2.75) is 65.5 Å². The highest BCUT2D eigenvalue weighted by atomic mass is 16.5. The van der Waals surface area contributed by atoms with Gasteiger partial charge in [-0.25, -0.2) is 0 Å². The van der Waals surface area contributed by atoms with Crippen LogP contribution in [-0.4, -0.2) is 24.5 Å². The fraction of sp³-hybridized carbons (Fsp3) is 0.722. The molecule has 2 aliphatic rings.